The topological polar surface area (TPSA) is 38.3 Å². The maximum absolute atomic E-state index is 12.8. The molecule has 0 unspecified atom stereocenters. The largest absolute Gasteiger partial charge is 0.497 e. The summed E-state index contributed by atoms with van der Waals surface area (Å²) in [4.78, 5) is 12.8. The summed E-state index contributed by atoms with van der Waals surface area (Å²) in [6.07, 6.45) is 0.396. The smallest absolute Gasteiger partial charge is 0.221 e. The van der Waals surface area contributed by atoms with Crippen molar-refractivity contribution in [2.75, 3.05) is 7.11 Å². The zero-order chi connectivity index (χ0) is 19.1. The van der Waals surface area contributed by atoms with Gasteiger partial charge in [-0.25, -0.2) is 0 Å². The van der Waals surface area contributed by atoms with E-state index in [4.69, 9.17) is 4.74 Å². The number of carbonyl (C=O) groups excluding carboxylic acids is 1. The number of nitrogens with one attached hydrogen (secondary N) is 1. The second kappa shape index (κ2) is 9.04. The van der Waals surface area contributed by atoms with Crippen molar-refractivity contribution in [1.29, 1.82) is 0 Å². The van der Waals surface area contributed by atoms with Crippen LogP contribution >= 0.6 is 0 Å². The van der Waals surface area contributed by atoms with E-state index >= 15 is 0 Å². The standard InChI is InChI=1S/C24H25NO2/c1-18(19-9-5-3-6-10-19)25-24(26)17-23(20-11-7-4-8-12-20)21-13-15-22(27-2)16-14-21/h3-16,18,23H,17H2,1-2H3,(H,25,26)/t18-,23-/m0/s1. The fraction of sp³-hybridized carbons (Fsp3) is 0.208. The fourth-order valence-corrected chi connectivity index (χ4v) is 3.26. The lowest BCUT2D eigenvalue weighted by molar-refractivity contribution is -0.121. The lowest BCUT2D eigenvalue weighted by Gasteiger charge is -2.20. The van der Waals surface area contributed by atoms with Gasteiger partial charge < -0.3 is 10.1 Å². The highest BCUT2D eigenvalue weighted by Crippen LogP contribution is 2.29. The molecule has 0 aliphatic heterocycles. The molecule has 0 saturated heterocycles. The summed E-state index contributed by atoms with van der Waals surface area (Å²) in [5.41, 5.74) is 3.33. The van der Waals surface area contributed by atoms with Crippen LogP contribution in [0.1, 0.15) is 42.0 Å². The Balaban J connectivity index is 1.77. The number of hydrogen-bond donors (Lipinski definition) is 1. The number of rotatable bonds is 7. The molecule has 3 nitrogen and oxygen atoms in total. The quantitative estimate of drug-likeness (QED) is 0.638. The van der Waals surface area contributed by atoms with Gasteiger partial charge in [0.15, 0.2) is 0 Å². The van der Waals surface area contributed by atoms with Crippen LogP contribution in [0, 0.1) is 0 Å². The molecule has 1 amide bonds. The molecule has 0 fully saturated rings. The third-order valence-electron chi connectivity index (χ3n) is 4.79. The zero-order valence-corrected chi connectivity index (χ0v) is 15.8. The summed E-state index contributed by atoms with van der Waals surface area (Å²) in [5.74, 6) is 0.851. The van der Waals surface area contributed by atoms with Crippen molar-refractivity contribution in [2.24, 2.45) is 0 Å². The number of benzene rings is 3. The molecule has 1 N–H and O–H groups in total. The van der Waals surface area contributed by atoms with Gasteiger partial charge in [-0.2, -0.15) is 0 Å². The minimum absolute atomic E-state index is 0.0000736. The number of hydrogen-bond acceptors (Lipinski definition) is 2. The average molecular weight is 359 g/mol. The summed E-state index contributed by atoms with van der Waals surface area (Å²) in [6.45, 7) is 2.01. The molecule has 0 bridgehead atoms. The molecule has 0 saturated carbocycles. The molecule has 3 heteroatoms. The van der Waals surface area contributed by atoms with Crippen molar-refractivity contribution in [3.8, 4) is 5.75 Å². The van der Waals surface area contributed by atoms with Crippen LogP contribution in [-0.4, -0.2) is 13.0 Å². The third kappa shape index (κ3) is 4.98. The average Bonchev–Trinajstić information content (AvgIpc) is 2.73. The number of ether oxygens (including phenoxy) is 1. The van der Waals surface area contributed by atoms with Gasteiger partial charge in [-0.1, -0.05) is 72.8 Å². The zero-order valence-electron chi connectivity index (χ0n) is 15.8. The molecule has 0 spiro atoms. The van der Waals surface area contributed by atoms with Crippen LogP contribution in [0.5, 0.6) is 5.75 Å². The van der Waals surface area contributed by atoms with E-state index in [1.807, 2.05) is 79.7 Å². The van der Waals surface area contributed by atoms with Crippen LogP contribution in [0.15, 0.2) is 84.9 Å². The highest BCUT2D eigenvalue weighted by atomic mass is 16.5. The van der Waals surface area contributed by atoms with Gasteiger partial charge >= 0.3 is 0 Å². The second-order valence-corrected chi connectivity index (χ2v) is 6.64. The van der Waals surface area contributed by atoms with Crippen LogP contribution in [0.3, 0.4) is 0 Å². The Hall–Kier alpha value is -3.07. The van der Waals surface area contributed by atoms with Crippen molar-refractivity contribution < 1.29 is 9.53 Å². The Morgan fingerprint density at radius 3 is 1.89 bits per heavy atom. The Bertz CT molecular complexity index is 845. The first-order chi connectivity index (χ1) is 13.2. The molecular formula is C24H25NO2. The highest BCUT2D eigenvalue weighted by molar-refractivity contribution is 5.78. The van der Waals surface area contributed by atoms with Gasteiger partial charge in [-0.15, -0.1) is 0 Å². The highest BCUT2D eigenvalue weighted by Gasteiger charge is 2.19. The van der Waals surface area contributed by atoms with E-state index in [1.165, 1.54) is 0 Å². The Kier molecular flexibility index (Phi) is 6.26. The van der Waals surface area contributed by atoms with E-state index in [-0.39, 0.29) is 17.9 Å². The van der Waals surface area contributed by atoms with E-state index in [9.17, 15) is 4.79 Å². The van der Waals surface area contributed by atoms with Gasteiger partial charge in [0, 0.05) is 12.3 Å². The van der Waals surface area contributed by atoms with Gasteiger partial charge in [0.2, 0.25) is 5.91 Å². The molecule has 0 aromatic heterocycles. The molecule has 0 heterocycles. The van der Waals surface area contributed by atoms with Crippen molar-refractivity contribution >= 4 is 5.91 Å². The lowest BCUT2D eigenvalue weighted by Crippen LogP contribution is -2.28. The molecular weight excluding hydrogens is 334 g/mol. The summed E-state index contributed by atoms with van der Waals surface area (Å²) in [7, 11) is 1.65. The van der Waals surface area contributed by atoms with Crippen LogP contribution < -0.4 is 10.1 Å². The number of amides is 1. The Morgan fingerprint density at radius 1 is 0.815 bits per heavy atom. The summed E-state index contributed by atoms with van der Waals surface area (Å²) in [5, 5.41) is 3.13. The lowest BCUT2D eigenvalue weighted by atomic mass is 9.88. The first-order valence-electron chi connectivity index (χ1n) is 9.20. The van der Waals surface area contributed by atoms with E-state index in [2.05, 4.69) is 17.4 Å². The predicted molar refractivity (Wildman–Crippen MR) is 109 cm³/mol. The maximum atomic E-state index is 12.8. The normalized spacial score (nSPS) is 12.8. The fourth-order valence-electron chi connectivity index (χ4n) is 3.26. The van der Waals surface area contributed by atoms with Gasteiger partial charge in [-0.3, -0.25) is 4.79 Å². The minimum atomic E-state index is -0.0222. The molecule has 0 aliphatic carbocycles. The van der Waals surface area contributed by atoms with Gasteiger partial charge in [-0.05, 0) is 35.7 Å². The number of methoxy groups -OCH3 is 1. The molecule has 0 aliphatic rings. The van der Waals surface area contributed by atoms with E-state index in [0.717, 1.165) is 22.4 Å². The van der Waals surface area contributed by atoms with Crippen molar-refractivity contribution in [2.45, 2.75) is 25.3 Å². The van der Waals surface area contributed by atoms with Gasteiger partial charge in [0.1, 0.15) is 5.75 Å². The molecule has 3 aromatic rings. The summed E-state index contributed by atoms with van der Waals surface area (Å²) < 4.78 is 5.26. The molecule has 2 atom stereocenters. The minimum Gasteiger partial charge on any atom is -0.497 e. The SMILES string of the molecule is COc1ccc([C@@H](CC(=O)N[C@@H](C)c2ccccc2)c2ccccc2)cc1. The second-order valence-electron chi connectivity index (χ2n) is 6.64. The molecule has 0 radical (unpaired) electrons. The summed E-state index contributed by atoms with van der Waals surface area (Å²) >= 11 is 0. The predicted octanol–water partition coefficient (Wildman–Crippen LogP) is 5.09. The van der Waals surface area contributed by atoms with E-state index in [1.54, 1.807) is 7.11 Å². The first kappa shape index (κ1) is 18.7. The Morgan fingerprint density at radius 2 is 1.33 bits per heavy atom. The number of carbonyl (C=O) groups is 1. The first-order valence-corrected chi connectivity index (χ1v) is 9.20. The van der Waals surface area contributed by atoms with E-state index < -0.39 is 0 Å². The molecule has 138 valence electrons. The van der Waals surface area contributed by atoms with Crippen molar-refractivity contribution in [3.05, 3.63) is 102 Å². The maximum Gasteiger partial charge on any atom is 0.221 e. The monoisotopic (exact) mass is 359 g/mol. The molecule has 3 aromatic carbocycles. The molecule has 27 heavy (non-hydrogen) atoms. The van der Waals surface area contributed by atoms with Gasteiger partial charge in [0.25, 0.3) is 0 Å². The van der Waals surface area contributed by atoms with Crippen LogP contribution in [0.4, 0.5) is 0 Å². The van der Waals surface area contributed by atoms with E-state index in [0.29, 0.717) is 6.42 Å². The third-order valence-corrected chi connectivity index (χ3v) is 4.79. The van der Waals surface area contributed by atoms with Gasteiger partial charge in [0.05, 0.1) is 13.2 Å². The van der Waals surface area contributed by atoms with Crippen LogP contribution in [-0.2, 0) is 4.79 Å². The van der Waals surface area contributed by atoms with Crippen molar-refractivity contribution in [3.63, 3.8) is 0 Å². The Labute approximate surface area is 161 Å². The van der Waals surface area contributed by atoms with Crippen LogP contribution in [0.25, 0.3) is 0 Å². The molecule has 3 rings (SSSR count). The van der Waals surface area contributed by atoms with Crippen LogP contribution in [0.2, 0.25) is 0 Å². The summed E-state index contributed by atoms with van der Waals surface area (Å²) in [6, 6.07) is 28.1. The van der Waals surface area contributed by atoms with Crippen molar-refractivity contribution in [1.82, 2.24) is 5.32 Å².